The lowest BCUT2D eigenvalue weighted by molar-refractivity contribution is -0.124. The third kappa shape index (κ3) is 3.31. The van der Waals surface area contributed by atoms with E-state index in [2.05, 4.69) is 48.3 Å². The molecule has 0 aliphatic heterocycles. The number of carbonyl (C=O) groups is 1. The largest absolute Gasteiger partial charge is 0.358 e. The van der Waals surface area contributed by atoms with Crippen LogP contribution in [0.25, 0.3) is 10.9 Å². The highest BCUT2D eigenvalue weighted by atomic mass is 16.2. The Hall–Kier alpha value is -2.56. The second kappa shape index (κ2) is 6.75. The van der Waals surface area contributed by atoms with Crippen LogP contribution in [0.4, 0.5) is 0 Å². The van der Waals surface area contributed by atoms with Crippen molar-refractivity contribution in [1.82, 2.24) is 20.1 Å². The van der Waals surface area contributed by atoms with E-state index in [1.54, 1.807) is 10.9 Å². The molecule has 3 aromatic rings. The second-order valence-electron chi connectivity index (χ2n) is 6.82. The molecule has 2 aromatic heterocycles. The van der Waals surface area contributed by atoms with Crippen molar-refractivity contribution < 1.29 is 4.79 Å². The zero-order chi connectivity index (χ0) is 18.1. The predicted molar refractivity (Wildman–Crippen MR) is 101 cm³/mol. The number of H-pyrrole nitrogens is 1. The summed E-state index contributed by atoms with van der Waals surface area (Å²) in [6.07, 6.45) is 4.62. The standard InChI is InChI=1S/C20H26N4O/c1-6-18-14(4)17-8-12(2)7-16(19(17)23-18)10-21-20(25)15(5)24-11-13(3)9-22-24/h7-9,11,15,23H,6,10H2,1-5H3,(H,21,25)/t15-/m0/s1. The highest BCUT2D eigenvalue weighted by Crippen LogP contribution is 2.26. The minimum atomic E-state index is -0.328. The van der Waals surface area contributed by atoms with Crippen LogP contribution in [0.5, 0.6) is 0 Å². The molecule has 0 bridgehead atoms. The Balaban J connectivity index is 1.82. The van der Waals surface area contributed by atoms with Gasteiger partial charge in [-0.25, -0.2) is 0 Å². The maximum Gasteiger partial charge on any atom is 0.244 e. The molecule has 0 spiro atoms. The van der Waals surface area contributed by atoms with E-state index >= 15 is 0 Å². The average Bonchev–Trinajstić information content (AvgIpc) is 3.15. The molecule has 0 fully saturated rings. The summed E-state index contributed by atoms with van der Waals surface area (Å²) in [4.78, 5) is 16.0. The van der Waals surface area contributed by atoms with Crippen LogP contribution >= 0.6 is 0 Å². The molecule has 2 N–H and O–H groups in total. The zero-order valence-electron chi connectivity index (χ0n) is 15.6. The Morgan fingerprint density at radius 1 is 1.28 bits per heavy atom. The molecule has 0 radical (unpaired) electrons. The van der Waals surface area contributed by atoms with Crippen molar-refractivity contribution in [2.45, 2.75) is 53.6 Å². The van der Waals surface area contributed by atoms with E-state index in [0.717, 1.165) is 23.1 Å². The number of aromatic amines is 1. The van der Waals surface area contributed by atoms with Crippen molar-refractivity contribution in [3.8, 4) is 0 Å². The predicted octanol–water partition coefficient (Wildman–Crippen LogP) is 3.73. The van der Waals surface area contributed by atoms with Crippen molar-refractivity contribution in [1.29, 1.82) is 0 Å². The van der Waals surface area contributed by atoms with Crippen molar-refractivity contribution in [2.24, 2.45) is 0 Å². The Bertz CT molecular complexity index is 919. The molecule has 0 saturated heterocycles. The highest BCUT2D eigenvalue weighted by Gasteiger charge is 2.16. The number of benzene rings is 1. The Morgan fingerprint density at radius 2 is 2.04 bits per heavy atom. The first-order valence-electron chi connectivity index (χ1n) is 8.79. The molecule has 0 unspecified atom stereocenters. The number of fused-ring (bicyclic) bond motifs is 1. The third-order valence-electron chi connectivity index (χ3n) is 4.81. The van der Waals surface area contributed by atoms with E-state index in [1.165, 1.54) is 22.2 Å². The van der Waals surface area contributed by atoms with Crippen molar-refractivity contribution >= 4 is 16.8 Å². The Kier molecular flexibility index (Phi) is 4.66. The van der Waals surface area contributed by atoms with Gasteiger partial charge in [-0.1, -0.05) is 18.6 Å². The van der Waals surface area contributed by atoms with Crippen molar-refractivity contribution in [3.63, 3.8) is 0 Å². The van der Waals surface area contributed by atoms with Crippen LogP contribution in [0.3, 0.4) is 0 Å². The highest BCUT2D eigenvalue weighted by molar-refractivity contribution is 5.88. The molecule has 25 heavy (non-hydrogen) atoms. The molecule has 5 heteroatoms. The van der Waals surface area contributed by atoms with E-state index in [9.17, 15) is 4.79 Å². The zero-order valence-corrected chi connectivity index (χ0v) is 15.6. The first-order valence-corrected chi connectivity index (χ1v) is 8.79. The molecule has 2 heterocycles. The number of nitrogens with zero attached hydrogens (tertiary/aromatic N) is 2. The summed E-state index contributed by atoms with van der Waals surface area (Å²) in [6.45, 7) is 10.7. The molecule has 132 valence electrons. The van der Waals surface area contributed by atoms with Gasteiger partial charge in [0, 0.05) is 23.8 Å². The fraction of sp³-hybridized carbons (Fsp3) is 0.400. The van der Waals surface area contributed by atoms with Crippen LogP contribution in [0.1, 0.15) is 47.8 Å². The fourth-order valence-corrected chi connectivity index (χ4v) is 3.30. The summed E-state index contributed by atoms with van der Waals surface area (Å²) in [6, 6.07) is 4.02. The van der Waals surface area contributed by atoms with E-state index in [-0.39, 0.29) is 11.9 Å². The fourth-order valence-electron chi connectivity index (χ4n) is 3.30. The van der Waals surface area contributed by atoms with E-state index in [0.29, 0.717) is 6.54 Å². The van der Waals surface area contributed by atoms with Gasteiger partial charge in [0.05, 0.1) is 11.7 Å². The van der Waals surface area contributed by atoms with Gasteiger partial charge in [0.1, 0.15) is 6.04 Å². The van der Waals surface area contributed by atoms with Gasteiger partial charge < -0.3 is 10.3 Å². The lowest BCUT2D eigenvalue weighted by atomic mass is 10.0. The summed E-state index contributed by atoms with van der Waals surface area (Å²) < 4.78 is 1.70. The van der Waals surface area contributed by atoms with Gasteiger partial charge in [0.25, 0.3) is 0 Å². The van der Waals surface area contributed by atoms with Crippen molar-refractivity contribution in [3.05, 3.63) is 52.5 Å². The number of aromatic nitrogens is 3. The number of nitrogens with one attached hydrogen (secondary N) is 2. The minimum absolute atomic E-state index is 0.0308. The number of amides is 1. The normalized spacial score (nSPS) is 12.5. The second-order valence-corrected chi connectivity index (χ2v) is 6.82. The first-order chi connectivity index (χ1) is 11.9. The lowest BCUT2D eigenvalue weighted by Gasteiger charge is -2.13. The van der Waals surface area contributed by atoms with Gasteiger partial charge >= 0.3 is 0 Å². The van der Waals surface area contributed by atoms with Crippen LogP contribution in [0.2, 0.25) is 0 Å². The molecule has 5 nitrogen and oxygen atoms in total. The van der Waals surface area contributed by atoms with E-state index in [4.69, 9.17) is 0 Å². The summed E-state index contributed by atoms with van der Waals surface area (Å²) in [5.74, 6) is -0.0308. The topological polar surface area (TPSA) is 62.7 Å². The maximum atomic E-state index is 12.5. The third-order valence-corrected chi connectivity index (χ3v) is 4.81. The summed E-state index contributed by atoms with van der Waals surface area (Å²) >= 11 is 0. The van der Waals surface area contributed by atoms with Gasteiger partial charge in [-0.2, -0.15) is 5.10 Å². The number of hydrogen-bond acceptors (Lipinski definition) is 2. The first kappa shape index (κ1) is 17.3. The van der Waals surface area contributed by atoms with Crippen LogP contribution in [-0.4, -0.2) is 20.7 Å². The molecule has 0 aliphatic rings. The number of carbonyl (C=O) groups excluding carboxylic acids is 1. The summed E-state index contributed by atoms with van der Waals surface area (Å²) in [7, 11) is 0. The van der Waals surface area contributed by atoms with Gasteiger partial charge in [0.15, 0.2) is 0 Å². The SMILES string of the molecule is CCc1[nH]c2c(CNC(=O)[C@H](C)n3cc(C)cn3)cc(C)cc2c1C. The Labute approximate surface area is 148 Å². The van der Waals surface area contributed by atoms with Crippen LogP contribution in [-0.2, 0) is 17.8 Å². The minimum Gasteiger partial charge on any atom is -0.358 e. The molecule has 1 atom stereocenters. The maximum absolute atomic E-state index is 12.5. The summed E-state index contributed by atoms with van der Waals surface area (Å²) in [5.41, 5.74) is 7.06. The monoisotopic (exact) mass is 338 g/mol. The van der Waals surface area contributed by atoms with Gasteiger partial charge in [-0.3, -0.25) is 9.48 Å². The van der Waals surface area contributed by atoms with Gasteiger partial charge in [-0.15, -0.1) is 0 Å². The molecule has 1 amide bonds. The number of aryl methyl sites for hydroxylation is 4. The van der Waals surface area contributed by atoms with E-state index < -0.39 is 0 Å². The molecular weight excluding hydrogens is 312 g/mol. The van der Waals surface area contributed by atoms with Gasteiger partial charge in [0.2, 0.25) is 5.91 Å². The average molecular weight is 338 g/mol. The molecule has 1 aromatic carbocycles. The number of hydrogen-bond donors (Lipinski definition) is 2. The lowest BCUT2D eigenvalue weighted by Crippen LogP contribution is -2.30. The quantitative estimate of drug-likeness (QED) is 0.744. The number of rotatable bonds is 5. The smallest absolute Gasteiger partial charge is 0.244 e. The molecule has 0 saturated carbocycles. The molecule has 3 rings (SSSR count). The van der Waals surface area contributed by atoms with Crippen molar-refractivity contribution in [2.75, 3.05) is 0 Å². The van der Waals surface area contributed by atoms with Gasteiger partial charge in [-0.05, 0) is 56.9 Å². The van der Waals surface area contributed by atoms with E-state index in [1.807, 2.05) is 20.0 Å². The molecule has 0 aliphatic carbocycles. The Morgan fingerprint density at radius 3 is 2.68 bits per heavy atom. The summed E-state index contributed by atoms with van der Waals surface area (Å²) in [5, 5.41) is 8.53. The molecular formula is C20H26N4O. The van der Waals surface area contributed by atoms with Crippen LogP contribution in [0.15, 0.2) is 24.5 Å². The van der Waals surface area contributed by atoms with Crippen LogP contribution < -0.4 is 5.32 Å². The van der Waals surface area contributed by atoms with Crippen LogP contribution in [0, 0.1) is 20.8 Å².